The first-order valence-electron chi connectivity index (χ1n) is 36.7. The van der Waals surface area contributed by atoms with Crippen LogP contribution >= 0.6 is 0 Å². The summed E-state index contributed by atoms with van der Waals surface area (Å²) in [6, 6.07) is 4.16. The number of unbranched alkanes of at least 4 members (excludes halogenated alkanes) is 17. The second-order valence-corrected chi connectivity index (χ2v) is 64.3. The van der Waals surface area contributed by atoms with Gasteiger partial charge in [-0.2, -0.15) is 4.74 Å². The summed E-state index contributed by atoms with van der Waals surface area (Å²) in [5.41, 5.74) is 0. The summed E-state index contributed by atoms with van der Waals surface area (Å²) in [4.78, 5) is 0. The van der Waals surface area contributed by atoms with Crippen LogP contribution in [-0.2, 0) is 67.0 Å². The van der Waals surface area contributed by atoms with Crippen molar-refractivity contribution >= 4 is 76.6 Å². The molecule has 0 fully saturated rings. The lowest BCUT2D eigenvalue weighted by molar-refractivity contribution is 0.00364. The largest absolute Gasteiger partial charge is 0.439 e. The highest BCUT2D eigenvalue weighted by Gasteiger charge is 2.50. The number of hydrogen-bond acceptors (Lipinski definition) is 15. The van der Waals surface area contributed by atoms with Crippen LogP contribution in [0.5, 0.6) is 0 Å². The van der Waals surface area contributed by atoms with Crippen molar-refractivity contribution < 1.29 is 67.0 Å². The molecule has 0 amide bonds. The lowest BCUT2D eigenvalue weighted by Crippen LogP contribution is -2.61. The maximum atomic E-state index is 7.49. The molecule has 0 saturated carbocycles. The van der Waals surface area contributed by atoms with E-state index in [0.717, 1.165) is 56.7 Å². The molecule has 0 aromatic carbocycles. The van der Waals surface area contributed by atoms with Gasteiger partial charge in [-0.3, -0.25) is 0 Å². The summed E-state index contributed by atoms with van der Waals surface area (Å²) in [6.07, 6.45) is 34.6. The number of rotatable bonds is 63. The highest BCUT2D eigenvalue weighted by molar-refractivity contribution is 6.91. The molecule has 0 bridgehead atoms. The molecule has 95 heavy (non-hydrogen) atoms. The maximum Gasteiger partial charge on any atom is 0.395 e. The van der Waals surface area contributed by atoms with Gasteiger partial charge in [0.15, 0.2) is 33.3 Å². The molecule has 566 valence electrons. The minimum atomic E-state index is -2.73. The summed E-state index contributed by atoms with van der Waals surface area (Å²) in [5.74, 6) is 0. The molecule has 0 aromatic rings. The number of hydrogen-bond donors (Lipinski definition) is 0. The second kappa shape index (κ2) is 67.1. The Balaban J connectivity index is -0.000000508. The molecule has 0 aliphatic carbocycles. The fourth-order valence-corrected chi connectivity index (χ4v) is 43.5. The van der Waals surface area contributed by atoms with Crippen LogP contribution in [0.2, 0.25) is 135 Å². The van der Waals surface area contributed by atoms with Gasteiger partial charge in [-0.05, 0) is 193 Å². The Kier molecular flexibility index (Phi) is 73.2. The molecule has 4 unspecified atom stereocenters. The molecule has 0 aliphatic heterocycles. The Labute approximate surface area is 601 Å². The molecule has 0 aliphatic rings. The van der Waals surface area contributed by atoms with E-state index in [1.54, 1.807) is 13.2 Å². The lowest BCUT2D eigenvalue weighted by atomic mass is 10.1. The van der Waals surface area contributed by atoms with Crippen molar-refractivity contribution in [1.29, 1.82) is 0 Å². The first kappa shape index (κ1) is 104. The third kappa shape index (κ3) is 88.1. The van der Waals surface area contributed by atoms with Gasteiger partial charge in [-0.1, -0.05) is 108 Å². The fourth-order valence-electron chi connectivity index (χ4n) is 9.70. The van der Waals surface area contributed by atoms with E-state index < -0.39 is 76.6 Å². The number of methoxy groups -OCH3 is 1. The summed E-state index contributed by atoms with van der Waals surface area (Å²) >= 11 is 0. The zero-order valence-corrected chi connectivity index (χ0v) is 75.4. The summed E-state index contributed by atoms with van der Waals surface area (Å²) in [7, 11) is -10.6. The van der Waals surface area contributed by atoms with E-state index in [1.165, 1.54) is 109 Å². The van der Waals surface area contributed by atoms with Crippen molar-refractivity contribution in [3.05, 3.63) is 71.2 Å². The highest BCUT2D eigenvalue weighted by Crippen LogP contribution is 2.35. The van der Waals surface area contributed by atoms with E-state index >= 15 is 0 Å². The molecule has 0 radical (unpaired) electrons. The molecule has 4 atom stereocenters. The molecule has 24 heteroatoms. The van der Waals surface area contributed by atoms with Crippen LogP contribution in [0.15, 0.2) is 50.6 Å². The van der Waals surface area contributed by atoms with Crippen LogP contribution in [0.25, 0.3) is 0 Å². The van der Waals surface area contributed by atoms with Crippen LogP contribution in [0, 0.1) is 20.6 Å². The van der Waals surface area contributed by atoms with Gasteiger partial charge in [0.1, 0.15) is 6.61 Å². The van der Waals surface area contributed by atoms with Gasteiger partial charge < -0.3 is 62.3 Å². The Bertz CT molecular complexity index is 1650. The van der Waals surface area contributed by atoms with Gasteiger partial charge >= 0.3 is 34.0 Å². The van der Waals surface area contributed by atoms with E-state index in [4.69, 9.17) is 62.3 Å². The average molecular weight is 1510 g/mol. The number of allylic oxidation sites excluding steroid dienone is 3. The van der Waals surface area contributed by atoms with Crippen LogP contribution in [-0.4, -0.2) is 183 Å². The van der Waals surface area contributed by atoms with Crippen molar-refractivity contribution in [2.24, 2.45) is 0 Å². The van der Waals surface area contributed by atoms with E-state index in [0.29, 0.717) is 92.5 Å². The maximum absolute atomic E-state index is 7.49. The van der Waals surface area contributed by atoms with Crippen LogP contribution in [0.4, 0.5) is 0 Å². The molecule has 0 N–H and O–H groups in total. The Morgan fingerprint density at radius 1 is 0.368 bits per heavy atom. The van der Waals surface area contributed by atoms with Crippen LogP contribution < -0.4 is 0 Å². The van der Waals surface area contributed by atoms with Crippen molar-refractivity contribution in [1.82, 2.24) is 0 Å². The Morgan fingerprint density at radius 2 is 0.716 bits per heavy atom. The van der Waals surface area contributed by atoms with Crippen molar-refractivity contribution in [2.75, 3.05) is 107 Å². The molecule has 15 nitrogen and oxygen atoms in total. The van der Waals surface area contributed by atoms with E-state index in [9.17, 15) is 0 Å². The van der Waals surface area contributed by atoms with Crippen LogP contribution in [0.3, 0.4) is 0 Å². The van der Waals surface area contributed by atoms with Crippen LogP contribution in [0.1, 0.15) is 148 Å². The third-order valence-corrected chi connectivity index (χ3v) is 43.5. The smallest absolute Gasteiger partial charge is 0.395 e. The minimum Gasteiger partial charge on any atom is -0.439 e. The lowest BCUT2D eigenvalue weighted by Gasteiger charge is -2.45. The minimum absolute atomic E-state index is 0.516. The van der Waals surface area contributed by atoms with Gasteiger partial charge in [0, 0.05) is 27.4 Å². The van der Waals surface area contributed by atoms with Gasteiger partial charge in [-0.15, -0.1) is 26.3 Å². The van der Waals surface area contributed by atoms with Gasteiger partial charge in [0.2, 0.25) is 7.11 Å². The highest BCUT2D eigenvalue weighted by atomic mass is 28.5. The monoisotopic (exact) mass is 1500 g/mol. The second-order valence-electron chi connectivity index (χ2n) is 29.1. The molecule has 0 rings (SSSR count). The predicted octanol–water partition coefficient (Wildman–Crippen LogP) is 20.8. The van der Waals surface area contributed by atoms with E-state index in [2.05, 4.69) is 170 Å². The standard InChI is InChI=1S/C38H90O9Si6.C10H19O4.C8H15.C8H14.C7H21O2Si3/c1-15-16-17-18-22-25-36-51(12,44-48(4,5)6)46-53(14,38-27-28-41-31-32-43-34-33-42-30-29-39-2)47-52(13,45-49(7,8)9)37-26-23-20-19-21-24-35-50(10,11)40-3;1-3-4-12-7-8-14-10-9-13-6-5-11-2;2*1-3-5-7-8-6-4-2;1-10(8-11(2,3)4)9-12(5,6)7/h15-38H2,1-14H3;3H,1-2,4-10H2;3H,1-2,4-8H2;3-4H,1-2,5-8H2;10H,2H2,1,3-7H3/q;2*+1;;+1. The zero-order valence-electron chi connectivity index (χ0n) is 66.2. The molecular weight excluding hydrogens is 1350 g/mol. The van der Waals surface area contributed by atoms with Gasteiger partial charge in [-0.25, -0.2) is 0 Å². The first-order chi connectivity index (χ1) is 44.6. The predicted molar refractivity (Wildman–Crippen MR) is 432 cm³/mol. The fraction of sp³-hybridized carbons (Fsp3) is 0.845. The van der Waals surface area contributed by atoms with Gasteiger partial charge in [0.25, 0.3) is 9.28 Å². The van der Waals surface area contributed by atoms with Crippen molar-refractivity contribution in [3.8, 4) is 0 Å². The molecule has 0 saturated heterocycles. The topological polar surface area (TPSA) is 138 Å². The normalized spacial score (nSPS) is 14.2. The number of ether oxygens (including phenoxy) is 8. The summed E-state index contributed by atoms with van der Waals surface area (Å²) < 4.78 is 88.8. The molecular formula is C71H159O15Si9+3. The summed E-state index contributed by atoms with van der Waals surface area (Å²) in [5, 5.41) is 0. The SMILES string of the molecule is C=CCCCCC=C.C=CCCCCC[CH2+].C=CCOCCOCCOCCO[CH2+].CCCCCCCC[Si](C)(O[Si](C)(C)C)O[Si](C)(CCCOCCOCCOCCOC)O[Si](C)(CCCCCCCC[Si](C)(C)OC)O[Si](C)(C)C.[CH2+][Si](C)(C)O[SiH](C)O[Si](C)(C)C. The van der Waals surface area contributed by atoms with Crippen molar-refractivity contribution in [3.63, 3.8) is 0 Å². The summed E-state index contributed by atoms with van der Waals surface area (Å²) in [6.45, 7) is 70.9. The van der Waals surface area contributed by atoms with Gasteiger partial charge in [0.05, 0.1) is 92.6 Å². The Hall–Kier alpha value is -0.0781. The molecule has 0 spiro atoms. The van der Waals surface area contributed by atoms with Crippen molar-refractivity contribution in [2.45, 2.75) is 284 Å². The zero-order chi connectivity index (χ0) is 73.3. The van der Waals surface area contributed by atoms with E-state index in [1.807, 2.05) is 25.3 Å². The quantitative estimate of drug-likeness (QED) is 0.0247. The Morgan fingerprint density at radius 3 is 1.07 bits per heavy atom. The third-order valence-electron chi connectivity index (χ3n) is 13.8. The van der Waals surface area contributed by atoms with E-state index in [-0.39, 0.29) is 0 Å². The molecule has 0 aromatic heterocycles. The molecule has 0 heterocycles. The first-order valence-corrected chi connectivity index (χ1v) is 62.8. The average Bonchev–Trinajstić information content (AvgIpc) is 0.799.